The highest BCUT2D eigenvalue weighted by molar-refractivity contribution is 5.28. The van der Waals surface area contributed by atoms with E-state index in [0.29, 0.717) is 12.3 Å². The topological polar surface area (TPSA) is 15.8 Å². The van der Waals surface area contributed by atoms with Gasteiger partial charge in [0.05, 0.1) is 5.56 Å². The van der Waals surface area contributed by atoms with E-state index in [4.69, 9.17) is 0 Å². The summed E-state index contributed by atoms with van der Waals surface area (Å²) in [6, 6.07) is 9.30. The number of nitrogens with one attached hydrogen (secondary N) is 1. The molecule has 0 radical (unpaired) electrons. The minimum Gasteiger partial charge on any atom is -0.362 e. The number of hydrogen-bond acceptors (Lipinski definition) is 0. The van der Waals surface area contributed by atoms with Crippen LogP contribution >= 0.6 is 0 Å². The van der Waals surface area contributed by atoms with Crippen LogP contribution in [-0.4, -0.2) is 4.98 Å². The minimum atomic E-state index is -4.27. The maximum atomic E-state index is 12.4. The molecule has 1 aromatic heterocycles. The van der Waals surface area contributed by atoms with Crippen molar-refractivity contribution >= 4 is 0 Å². The van der Waals surface area contributed by atoms with Gasteiger partial charge in [-0.2, -0.15) is 13.2 Å². The fourth-order valence-corrected chi connectivity index (χ4v) is 1.93. The zero-order valence-corrected chi connectivity index (χ0v) is 10.9. The Bertz CT molecular complexity index is 535. The number of rotatable bonds is 3. The average molecular weight is 267 g/mol. The van der Waals surface area contributed by atoms with Crippen molar-refractivity contribution < 1.29 is 13.2 Å². The molecule has 0 fully saturated rings. The zero-order chi connectivity index (χ0) is 14.0. The number of halogens is 3. The second-order valence-electron chi connectivity index (χ2n) is 4.97. The van der Waals surface area contributed by atoms with Crippen LogP contribution in [0.25, 0.3) is 0 Å². The fourth-order valence-electron chi connectivity index (χ4n) is 1.93. The van der Waals surface area contributed by atoms with Crippen LogP contribution in [0.3, 0.4) is 0 Å². The highest BCUT2D eigenvalue weighted by Crippen LogP contribution is 2.29. The first-order valence-corrected chi connectivity index (χ1v) is 6.20. The number of alkyl halides is 3. The predicted molar refractivity (Wildman–Crippen MR) is 69.1 cm³/mol. The lowest BCUT2D eigenvalue weighted by Crippen LogP contribution is -2.04. The van der Waals surface area contributed by atoms with Gasteiger partial charge in [-0.1, -0.05) is 26.0 Å². The van der Waals surface area contributed by atoms with Crippen LogP contribution in [0.15, 0.2) is 36.4 Å². The van der Waals surface area contributed by atoms with E-state index in [1.165, 1.54) is 12.1 Å². The van der Waals surface area contributed by atoms with Gasteiger partial charge in [0.1, 0.15) is 0 Å². The van der Waals surface area contributed by atoms with E-state index < -0.39 is 11.7 Å². The highest BCUT2D eigenvalue weighted by atomic mass is 19.4. The Morgan fingerprint density at radius 1 is 1.00 bits per heavy atom. The molecule has 1 heterocycles. The van der Waals surface area contributed by atoms with Gasteiger partial charge in [0.2, 0.25) is 0 Å². The van der Waals surface area contributed by atoms with E-state index in [1.54, 1.807) is 0 Å². The van der Waals surface area contributed by atoms with Crippen LogP contribution in [0, 0.1) is 0 Å². The third-order valence-electron chi connectivity index (χ3n) is 3.07. The van der Waals surface area contributed by atoms with Crippen molar-refractivity contribution in [3.05, 3.63) is 58.9 Å². The van der Waals surface area contributed by atoms with Crippen LogP contribution in [0.2, 0.25) is 0 Å². The molecule has 0 amide bonds. The molecule has 0 saturated heterocycles. The normalized spacial score (nSPS) is 12.1. The van der Waals surface area contributed by atoms with Crippen molar-refractivity contribution in [1.82, 2.24) is 4.98 Å². The lowest BCUT2D eigenvalue weighted by molar-refractivity contribution is -0.137. The van der Waals surface area contributed by atoms with E-state index in [-0.39, 0.29) is 0 Å². The van der Waals surface area contributed by atoms with Crippen molar-refractivity contribution in [2.75, 3.05) is 0 Å². The molecule has 4 heteroatoms. The van der Waals surface area contributed by atoms with Gasteiger partial charge in [-0.25, -0.2) is 0 Å². The van der Waals surface area contributed by atoms with Gasteiger partial charge in [-0.15, -0.1) is 0 Å². The molecule has 0 spiro atoms. The van der Waals surface area contributed by atoms with Gasteiger partial charge in [-0.05, 0) is 35.7 Å². The number of hydrogen-bond donors (Lipinski definition) is 1. The SMILES string of the molecule is CC(C)c1ccc(Cc2ccc(C(F)(F)F)cc2)[nH]1. The van der Waals surface area contributed by atoms with E-state index in [0.717, 1.165) is 29.1 Å². The van der Waals surface area contributed by atoms with Gasteiger partial charge < -0.3 is 4.98 Å². The third kappa shape index (κ3) is 3.40. The summed E-state index contributed by atoms with van der Waals surface area (Å²) in [5.74, 6) is 0.418. The summed E-state index contributed by atoms with van der Waals surface area (Å²) in [6.45, 7) is 4.18. The smallest absolute Gasteiger partial charge is 0.362 e. The number of H-pyrrole nitrogens is 1. The Labute approximate surface area is 110 Å². The van der Waals surface area contributed by atoms with Crippen molar-refractivity contribution in [3.8, 4) is 0 Å². The second-order valence-corrected chi connectivity index (χ2v) is 4.97. The Hall–Kier alpha value is -1.71. The molecule has 2 rings (SSSR count). The molecule has 0 saturated carbocycles. The van der Waals surface area contributed by atoms with Gasteiger partial charge in [0.25, 0.3) is 0 Å². The first kappa shape index (κ1) is 13.7. The predicted octanol–water partition coefficient (Wildman–Crippen LogP) is 4.75. The highest BCUT2D eigenvalue weighted by Gasteiger charge is 2.29. The standard InChI is InChI=1S/C15H16F3N/c1-10(2)14-8-7-13(19-14)9-11-3-5-12(6-4-11)15(16,17)18/h3-8,10,19H,9H2,1-2H3. The first-order valence-electron chi connectivity index (χ1n) is 6.20. The summed E-state index contributed by atoms with van der Waals surface area (Å²) >= 11 is 0. The zero-order valence-electron chi connectivity index (χ0n) is 10.9. The van der Waals surface area contributed by atoms with E-state index in [9.17, 15) is 13.2 Å². The van der Waals surface area contributed by atoms with Crippen molar-refractivity contribution in [1.29, 1.82) is 0 Å². The van der Waals surface area contributed by atoms with Gasteiger partial charge >= 0.3 is 6.18 Å². The molecule has 2 aromatic rings. The van der Waals surface area contributed by atoms with Gasteiger partial charge in [-0.3, -0.25) is 0 Å². The largest absolute Gasteiger partial charge is 0.416 e. The number of aromatic nitrogens is 1. The first-order chi connectivity index (χ1) is 8.86. The van der Waals surface area contributed by atoms with Crippen molar-refractivity contribution in [2.45, 2.75) is 32.4 Å². The van der Waals surface area contributed by atoms with Crippen LogP contribution in [0.4, 0.5) is 13.2 Å². The third-order valence-corrected chi connectivity index (χ3v) is 3.07. The Kier molecular flexibility index (Phi) is 3.69. The molecule has 0 bridgehead atoms. The summed E-state index contributed by atoms with van der Waals surface area (Å²) in [5.41, 5.74) is 2.42. The summed E-state index contributed by atoms with van der Waals surface area (Å²) in [6.07, 6.45) is -3.65. The van der Waals surface area contributed by atoms with E-state index in [1.807, 2.05) is 12.1 Å². The molecular formula is C15H16F3N. The molecule has 0 aliphatic rings. The van der Waals surface area contributed by atoms with Crippen LogP contribution in [0.1, 0.15) is 42.3 Å². The Balaban J connectivity index is 2.11. The average Bonchev–Trinajstić information content (AvgIpc) is 2.77. The summed E-state index contributed by atoms with van der Waals surface area (Å²) in [4.78, 5) is 3.28. The monoisotopic (exact) mass is 267 g/mol. The Morgan fingerprint density at radius 3 is 2.11 bits per heavy atom. The molecule has 19 heavy (non-hydrogen) atoms. The summed E-state index contributed by atoms with van der Waals surface area (Å²) in [7, 11) is 0. The number of benzene rings is 1. The molecule has 0 aliphatic carbocycles. The van der Waals surface area contributed by atoms with Gasteiger partial charge in [0.15, 0.2) is 0 Å². The van der Waals surface area contributed by atoms with Crippen molar-refractivity contribution in [3.63, 3.8) is 0 Å². The Morgan fingerprint density at radius 2 is 1.63 bits per heavy atom. The second kappa shape index (κ2) is 5.11. The number of aromatic amines is 1. The van der Waals surface area contributed by atoms with Crippen LogP contribution in [-0.2, 0) is 12.6 Å². The molecule has 0 atom stereocenters. The lowest BCUT2D eigenvalue weighted by Gasteiger charge is -2.07. The maximum Gasteiger partial charge on any atom is 0.416 e. The fraction of sp³-hybridized carbons (Fsp3) is 0.333. The van der Waals surface area contributed by atoms with Crippen LogP contribution in [0.5, 0.6) is 0 Å². The lowest BCUT2D eigenvalue weighted by atomic mass is 10.1. The van der Waals surface area contributed by atoms with Gasteiger partial charge in [0, 0.05) is 17.8 Å². The van der Waals surface area contributed by atoms with E-state index in [2.05, 4.69) is 18.8 Å². The molecule has 0 aliphatic heterocycles. The van der Waals surface area contributed by atoms with Crippen molar-refractivity contribution in [2.24, 2.45) is 0 Å². The van der Waals surface area contributed by atoms with E-state index >= 15 is 0 Å². The quantitative estimate of drug-likeness (QED) is 0.826. The molecule has 1 N–H and O–H groups in total. The minimum absolute atomic E-state index is 0.418. The summed E-state index contributed by atoms with van der Waals surface area (Å²) < 4.78 is 37.3. The molecule has 1 nitrogen and oxygen atoms in total. The molecule has 0 unspecified atom stereocenters. The molecular weight excluding hydrogens is 251 g/mol. The van der Waals surface area contributed by atoms with Crippen LogP contribution < -0.4 is 0 Å². The molecule has 1 aromatic carbocycles. The maximum absolute atomic E-state index is 12.4. The summed E-state index contributed by atoms with van der Waals surface area (Å²) in [5, 5.41) is 0. The molecule has 102 valence electrons.